The summed E-state index contributed by atoms with van der Waals surface area (Å²) in [6.07, 6.45) is 0. The lowest BCUT2D eigenvalue weighted by molar-refractivity contribution is 0.330. The third-order valence-electron chi connectivity index (χ3n) is 4.97. The summed E-state index contributed by atoms with van der Waals surface area (Å²) in [5, 5.41) is 0. The van der Waals surface area contributed by atoms with Gasteiger partial charge >= 0.3 is 0 Å². The predicted octanol–water partition coefficient (Wildman–Crippen LogP) is 2.97. The number of hydrogen-bond donors (Lipinski definition) is 0. The van der Waals surface area contributed by atoms with Crippen LogP contribution >= 0.6 is 0 Å². The number of hydrogen-bond acceptors (Lipinski definition) is 4. The number of anilines is 1. The van der Waals surface area contributed by atoms with Crippen LogP contribution in [0.3, 0.4) is 0 Å². The monoisotopic (exact) mass is 392 g/mol. The van der Waals surface area contributed by atoms with Gasteiger partial charge in [-0.05, 0) is 55.3 Å². The van der Waals surface area contributed by atoms with Crippen molar-refractivity contribution < 1.29 is 17.5 Å². The molecule has 7 heteroatoms. The van der Waals surface area contributed by atoms with E-state index < -0.39 is 10.0 Å². The van der Waals surface area contributed by atoms with Crippen molar-refractivity contribution in [3.63, 3.8) is 0 Å². The van der Waals surface area contributed by atoms with Crippen molar-refractivity contribution in [2.24, 2.45) is 0 Å². The van der Waals surface area contributed by atoms with E-state index in [0.29, 0.717) is 31.9 Å². The van der Waals surface area contributed by atoms with Crippen LogP contribution in [0, 0.1) is 19.7 Å². The summed E-state index contributed by atoms with van der Waals surface area (Å²) in [6, 6.07) is 11.8. The Bertz CT molecular complexity index is 877. The molecule has 0 bridgehead atoms. The number of nitrogens with zero attached hydrogens (tertiary/aromatic N) is 2. The zero-order valence-electron chi connectivity index (χ0n) is 15.7. The lowest BCUT2D eigenvalue weighted by atomic mass is 10.1. The number of aryl methyl sites for hydroxylation is 1. The molecule has 1 heterocycles. The van der Waals surface area contributed by atoms with Crippen molar-refractivity contribution >= 4 is 15.7 Å². The van der Waals surface area contributed by atoms with Gasteiger partial charge in [-0.2, -0.15) is 4.31 Å². The van der Waals surface area contributed by atoms with E-state index in [1.54, 1.807) is 0 Å². The van der Waals surface area contributed by atoms with Crippen molar-refractivity contribution in [1.29, 1.82) is 0 Å². The highest BCUT2D eigenvalue weighted by molar-refractivity contribution is 7.89. The maximum Gasteiger partial charge on any atom is 0.217 e. The number of rotatable bonds is 6. The molecule has 1 aliphatic rings. The molecule has 2 aromatic rings. The molecule has 1 aliphatic heterocycles. The van der Waals surface area contributed by atoms with Crippen LogP contribution in [0.4, 0.5) is 10.1 Å². The average Bonchev–Trinajstić information content (AvgIpc) is 2.66. The van der Waals surface area contributed by atoms with E-state index in [2.05, 4.69) is 30.9 Å². The Labute approximate surface area is 160 Å². The van der Waals surface area contributed by atoms with Gasteiger partial charge in [-0.25, -0.2) is 12.8 Å². The molecule has 146 valence electrons. The summed E-state index contributed by atoms with van der Waals surface area (Å²) in [7, 11) is -3.38. The molecule has 0 atom stereocenters. The normalized spacial score (nSPS) is 15.7. The van der Waals surface area contributed by atoms with Crippen LogP contribution in [0.5, 0.6) is 5.75 Å². The van der Waals surface area contributed by atoms with Crippen LogP contribution in [-0.4, -0.2) is 51.3 Å². The Morgan fingerprint density at radius 2 is 1.67 bits per heavy atom. The smallest absolute Gasteiger partial charge is 0.217 e. The third-order valence-corrected chi connectivity index (χ3v) is 6.81. The van der Waals surface area contributed by atoms with Gasteiger partial charge in [0.25, 0.3) is 0 Å². The van der Waals surface area contributed by atoms with E-state index >= 15 is 0 Å². The number of sulfonamides is 1. The van der Waals surface area contributed by atoms with Crippen LogP contribution < -0.4 is 9.64 Å². The summed E-state index contributed by atoms with van der Waals surface area (Å²) in [5.41, 5.74) is 3.65. The Kier molecular flexibility index (Phi) is 6.01. The maximum atomic E-state index is 12.9. The van der Waals surface area contributed by atoms with E-state index in [1.165, 1.54) is 45.4 Å². The van der Waals surface area contributed by atoms with Crippen LogP contribution in [0.1, 0.15) is 11.1 Å². The van der Waals surface area contributed by atoms with E-state index in [-0.39, 0.29) is 18.2 Å². The van der Waals surface area contributed by atoms with Gasteiger partial charge in [-0.1, -0.05) is 12.1 Å². The Balaban J connectivity index is 1.53. The van der Waals surface area contributed by atoms with Crippen molar-refractivity contribution in [2.45, 2.75) is 13.8 Å². The largest absolute Gasteiger partial charge is 0.492 e. The maximum absolute atomic E-state index is 12.9. The fraction of sp³-hybridized carbons (Fsp3) is 0.400. The Morgan fingerprint density at radius 1 is 1.00 bits per heavy atom. The number of piperazine rings is 1. The summed E-state index contributed by atoms with van der Waals surface area (Å²) in [4.78, 5) is 2.24. The zero-order valence-corrected chi connectivity index (χ0v) is 16.5. The summed E-state index contributed by atoms with van der Waals surface area (Å²) in [5.74, 6) is 0.0245. The third kappa shape index (κ3) is 4.78. The molecule has 0 N–H and O–H groups in total. The molecule has 0 unspecified atom stereocenters. The Hall–Kier alpha value is -2.12. The molecule has 0 radical (unpaired) electrons. The highest BCUT2D eigenvalue weighted by Gasteiger charge is 2.27. The molecule has 0 aliphatic carbocycles. The first-order valence-corrected chi connectivity index (χ1v) is 10.6. The molecule has 0 amide bonds. The quantitative estimate of drug-likeness (QED) is 0.758. The second-order valence-electron chi connectivity index (χ2n) is 6.72. The number of benzene rings is 2. The summed E-state index contributed by atoms with van der Waals surface area (Å²) in [6.45, 7) is 6.50. The minimum absolute atomic E-state index is 0.0468. The molecule has 1 saturated heterocycles. The molecule has 2 aromatic carbocycles. The van der Waals surface area contributed by atoms with Gasteiger partial charge < -0.3 is 9.64 Å². The second-order valence-corrected chi connectivity index (χ2v) is 8.81. The van der Waals surface area contributed by atoms with E-state index in [9.17, 15) is 12.8 Å². The molecule has 0 aromatic heterocycles. The zero-order chi connectivity index (χ0) is 19.4. The minimum Gasteiger partial charge on any atom is -0.492 e. The van der Waals surface area contributed by atoms with Crippen LogP contribution in [-0.2, 0) is 10.0 Å². The predicted molar refractivity (Wildman–Crippen MR) is 105 cm³/mol. The standard InChI is InChI=1S/C20H25FN2O3S/c1-16-4-3-5-20(17(16)2)22-10-12-23(13-11-22)27(24,25)15-14-26-19-8-6-18(21)7-9-19/h3-9H,10-15H2,1-2H3. The lowest BCUT2D eigenvalue weighted by Gasteiger charge is -2.36. The highest BCUT2D eigenvalue weighted by atomic mass is 32.2. The lowest BCUT2D eigenvalue weighted by Crippen LogP contribution is -2.49. The first-order chi connectivity index (χ1) is 12.9. The molecule has 1 fully saturated rings. The molecule has 0 saturated carbocycles. The van der Waals surface area contributed by atoms with Crippen molar-refractivity contribution in [3.8, 4) is 5.75 Å². The molecule has 5 nitrogen and oxygen atoms in total. The average molecular weight is 392 g/mol. The van der Waals surface area contributed by atoms with Gasteiger partial charge in [0, 0.05) is 31.9 Å². The van der Waals surface area contributed by atoms with Gasteiger partial charge in [0.05, 0.1) is 5.75 Å². The van der Waals surface area contributed by atoms with Gasteiger partial charge in [0.15, 0.2) is 0 Å². The molecular formula is C20H25FN2O3S. The fourth-order valence-electron chi connectivity index (χ4n) is 3.21. The Morgan fingerprint density at radius 3 is 2.33 bits per heavy atom. The van der Waals surface area contributed by atoms with Gasteiger partial charge in [-0.3, -0.25) is 0 Å². The van der Waals surface area contributed by atoms with Gasteiger partial charge in [0.1, 0.15) is 18.2 Å². The van der Waals surface area contributed by atoms with Crippen LogP contribution in [0.2, 0.25) is 0 Å². The fourth-order valence-corrected chi connectivity index (χ4v) is 4.48. The van der Waals surface area contributed by atoms with E-state index in [0.717, 1.165) is 0 Å². The van der Waals surface area contributed by atoms with Gasteiger partial charge in [-0.15, -0.1) is 0 Å². The topological polar surface area (TPSA) is 49.9 Å². The van der Waals surface area contributed by atoms with Crippen LogP contribution in [0.15, 0.2) is 42.5 Å². The van der Waals surface area contributed by atoms with Crippen molar-refractivity contribution in [3.05, 3.63) is 59.4 Å². The van der Waals surface area contributed by atoms with E-state index in [4.69, 9.17) is 4.74 Å². The first-order valence-electron chi connectivity index (χ1n) is 9.04. The summed E-state index contributed by atoms with van der Waals surface area (Å²) >= 11 is 0. The van der Waals surface area contributed by atoms with E-state index in [1.807, 2.05) is 6.07 Å². The SMILES string of the molecule is Cc1cccc(N2CCN(S(=O)(=O)CCOc3ccc(F)cc3)CC2)c1C. The second kappa shape index (κ2) is 8.27. The highest BCUT2D eigenvalue weighted by Crippen LogP contribution is 2.24. The molecule has 27 heavy (non-hydrogen) atoms. The van der Waals surface area contributed by atoms with Crippen molar-refractivity contribution in [2.75, 3.05) is 43.4 Å². The number of halogens is 1. The molecule has 3 rings (SSSR count). The van der Waals surface area contributed by atoms with Crippen LogP contribution in [0.25, 0.3) is 0 Å². The van der Waals surface area contributed by atoms with Gasteiger partial charge in [0.2, 0.25) is 10.0 Å². The molecular weight excluding hydrogens is 367 g/mol. The van der Waals surface area contributed by atoms with Crippen molar-refractivity contribution in [1.82, 2.24) is 4.31 Å². The number of ether oxygens (including phenoxy) is 1. The minimum atomic E-state index is -3.38. The first kappa shape index (κ1) is 19.6. The molecule has 0 spiro atoms. The summed E-state index contributed by atoms with van der Waals surface area (Å²) < 4.78 is 45.0.